The van der Waals surface area contributed by atoms with Gasteiger partial charge in [0.05, 0.1) is 28.2 Å². The summed E-state index contributed by atoms with van der Waals surface area (Å²) < 4.78 is 11.8. The van der Waals surface area contributed by atoms with Crippen LogP contribution >= 0.6 is 23.2 Å². The highest BCUT2D eigenvalue weighted by Crippen LogP contribution is 2.43. The quantitative estimate of drug-likeness (QED) is 0.773. The summed E-state index contributed by atoms with van der Waals surface area (Å²) in [5.41, 5.74) is 0.978. The predicted molar refractivity (Wildman–Crippen MR) is 81.7 cm³/mol. The molecule has 1 spiro atoms. The maximum Gasteiger partial charge on any atom is 0.359 e. The van der Waals surface area contributed by atoms with Crippen molar-refractivity contribution in [3.05, 3.63) is 33.8 Å². The van der Waals surface area contributed by atoms with Crippen LogP contribution in [0.2, 0.25) is 10.0 Å². The van der Waals surface area contributed by atoms with Gasteiger partial charge in [0.25, 0.3) is 0 Å². The lowest BCUT2D eigenvalue weighted by molar-refractivity contribution is -0.435. The van der Waals surface area contributed by atoms with Crippen molar-refractivity contribution in [3.63, 3.8) is 0 Å². The van der Waals surface area contributed by atoms with Gasteiger partial charge in [-0.15, -0.1) is 0 Å². The standard InChI is InChI=1S/C15H17Cl2NO3/c1-9-13(12-10(16)5-4-6-11(12)17)18-21-15(9)19-8-7-14(2,3)20-15/h4-6,9H,7-8H2,1-3H3. The maximum absolute atomic E-state index is 6.26. The van der Waals surface area contributed by atoms with E-state index in [2.05, 4.69) is 5.16 Å². The first-order chi connectivity index (χ1) is 9.85. The van der Waals surface area contributed by atoms with Gasteiger partial charge in [0, 0.05) is 5.56 Å². The molecule has 0 bridgehead atoms. The minimum atomic E-state index is -1.19. The van der Waals surface area contributed by atoms with Crippen molar-refractivity contribution in [2.45, 2.75) is 38.8 Å². The van der Waals surface area contributed by atoms with Gasteiger partial charge in [-0.05, 0) is 39.3 Å². The summed E-state index contributed by atoms with van der Waals surface area (Å²) in [6, 6.07) is 5.34. The lowest BCUT2D eigenvalue weighted by Crippen LogP contribution is -2.53. The number of hydrogen-bond donors (Lipinski definition) is 0. The van der Waals surface area contributed by atoms with Crippen molar-refractivity contribution in [2.24, 2.45) is 11.1 Å². The molecule has 4 nitrogen and oxygen atoms in total. The van der Waals surface area contributed by atoms with Crippen LogP contribution in [0.4, 0.5) is 0 Å². The monoisotopic (exact) mass is 329 g/mol. The minimum Gasteiger partial charge on any atom is -0.331 e. The number of benzene rings is 1. The van der Waals surface area contributed by atoms with Gasteiger partial charge in [0.1, 0.15) is 5.71 Å². The summed E-state index contributed by atoms with van der Waals surface area (Å²) in [7, 11) is 0. The lowest BCUT2D eigenvalue weighted by Gasteiger charge is -2.42. The van der Waals surface area contributed by atoms with E-state index >= 15 is 0 Å². The maximum atomic E-state index is 6.26. The van der Waals surface area contributed by atoms with Crippen molar-refractivity contribution in [3.8, 4) is 0 Å². The molecule has 1 saturated heterocycles. The van der Waals surface area contributed by atoms with Gasteiger partial charge in [-0.2, -0.15) is 0 Å². The van der Waals surface area contributed by atoms with E-state index in [-0.39, 0.29) is 11.5 Å². The lowest BCUT2D eigenvalue weighted by atomic mass is 9.94. The molecule has 2 aliphatic rings. The highest BCUT2D eigenvalue weighted by atomic mass is 35.5. The Hall–Kier alpha value is -0.810. The average Bonchev–Trinajstić information content (AvgIpc) is 2.67. The van der Waals surface area contributed by atoms with Gasteiger partial charge in [-0.1, -0.05) is 34.4 Å². The summed E-state index contributed by atoms with van der Waals surface area (Å²) in [5, 5.41) is 5.21. The molecule has 6 heteroatoms. The second-order valence-corrected chi connectivity index (χ2v) is 6.76. The van der Waals surface area contributed by atoms with Crippen LogP contribution in [-0.4, -0.2) is 23.9 Å². The van der Waals surface area contributed by atoms with Crippen LogP contribution < -0.4 is 0 Å². The second kappa shape index (κ2) is 5.13. The van der Waals surface area contributed by atoms with E-state index in [4.69, 9.17) is 37.5 Å². The zero-order valence-electron chi connectivity index (χ0n) is 12.2. The molecule has 1 aromatic rings. The number of oxime groups is 1. The molecule has 0 N–H and O–H groups in total. The fraction of sp³-hybridized carbons (Fsp3) is 0.533. The van der Waals surface area contributed by atoms with Gasteiger partial charge in [-0.25, -0.2) is 0 Å². The fourth-order valence-electron chi connectivity index (χ4n) is 2.61. The number of ether oxygens (including phenoxy) is 2. The topological polar surface area (TPSA) is 40.0 Å². The molecule has 2 aliphatic heterocycles. The zero-order chi connectivity index (χ0) is 15.3. The summed E-state index contributed by atoms with van der Waals surface area (Å²) >= 11 is 12.5. The highest BCUT2D eigenvalue weighted by Gasteiger charge is 2.55. The Labute approximate surface area is 134 Å². The molecule has 0 aromatic heterocycles. The second-order valence-electron chi connectivity index (χ2n) is 5.95. The van der Waals surface area contributed by atoms with Gasteiger partial charge >= 0.3 is 5.97 Å². The van der Waals surface area contributed by atoms with Gasteiger partial charge in [-0.3, -0.25) is 0 Å². The van der Waals surface area contributed by atoms with Gasteiger partial charge in [0.2, 0.25) is 0 Å². The molecular formula is C15H17Cl2NO3. The molecule has 2 atom stereocenters. The third-order valence-electron chi connectivity index (χ3n) is 3.86. The Balaban J connectivity index is 1.95. The smallest absolute Gasteiger partial charge is 0.331 e. The van der Waals surface area contributed by atoms with Crippen molar-refractivity contribution in [2.75, 3.05) is 6.61 Å². The molecule has 1 aromatic carbocycles. The third kappa shape index (κ3) is 2.55. The van der Waals surface area contributed by atoms with E-state index in [1.54, 1.807) is 18.2 Å². The Morgan fingerprint density at radius 3 is 2.52 bits per heavy atom. The van der Waals surface area contributed by atoms with Gasteiger partial charge < -0.3 is 14.3 Å². The van der Waals surface area contributed by atoms with Gasteiger partial charge in [0.15, 0.2) is 0 Å². The van der Waals surface area contributed by atoms with Crippen LogP contribution in [0.3, 0.4) is 0 Å². The van der Waals surface area contributed by atoms with E-state index in [9.17, 15) is 0 Å². The van der Waals surface area contributed by atoms with E-state index in [1.165, 1.54) is 0 Å². The molecule has 114 valence electrons. The number of hydrogen-bond acceptors (Lipinski definition) is 4. The first-order valence-electron chi connectivity index (χ1n) is 6.89. The summed E-state index contributed by atoms with van der Waals surface area (Å²) in [6.07, 6.45) is 0.799. The first kappa shape index (κ1) is 15.1. The molecule has 1 fully saturated rings. The van der Waals surface area contributed by atoms with E-state index < -0.39 is 5.97 Å². The molecular weight excluding hydrogens is 313 g/mol. The average molecular weight is 330 g/mol. The molecule has 3 rings (SSSR count). The van der Waals surface area contributed by atoms with Crippen molar-refractivity contribution in [1.82, 2.24) is 0 Å². The van der Waals surface area contributed by atoms with Crippen molar-refractivity contribution < 1.29 is 14.3 Å². The summed E-state index contributed by atoms with van der Waals surface area (Å²) in [4.78, 5) is 5.53. The fourth-order valence-corrected chi connectivity index (χ4v) is 3.20. The van der Waals surface area contributed by atoms with E-state index in [0.717, 1.165) is 6.42 Å². The predicted octanol–water partition coefficient (Wildman–Crippen LogP) is 4.23. The molecule has 21 heavy (non-hydrogen) atoms. The molecule has 0 radical (unpaired) electrons. The molecule has 0 aliphatic carbocycles. The van der Waals surface area contributed by atoms with Crippen LogP contribution in [0, 0.1) is 5.92 Å². The third-order valence-corrected chi connectivity index (χ3v) is 4.49. The van der Waals surface area contributed by atoms with Crippen molar-refractivity contribution in [1.29, 1.82) is 0 Å². The van der Waals surface area contributed by atoms with Crippen LogP contribution in [0.1, 0.15) is 32.8 Å². The number of halogens is 2. The first-order valence-corrected chi connectivity index (χ1v) is 7.65. The summed E-state index contributed by atoms with van der Waals surface area (Å²) in [5.74, 6) is -1.44. The Morgan fingerprint density at radius 1 is 1.24 bits per heavy atom. The largest absolute Gasteiger partial charge is 0.359 e. The molecule has 2 unspecified atom stereocenters. The van der Waals surface area contributed by atoms with Crippen LogP contribution in [0.5, 0.6) is 0 Å². The van der Waals surface area contributed by atoms with E-state index in [0.29, 0.717) is 27.9 Å². The molecule has 0 amide bonds. The molecule has 0 saturated carbocycles. The Kier molecular flexibility index (Phi) is 3.69. The number of rotatable bonds is 1. The van der Waals surface area contributed by atoms with Crippen LogP contribution in [-0.2, 0) is 14.3 Å². The van der Waals surface area contributed by atoms with Crippen LogP contribution in [0.15, 0.2) is 23.4 Å². The Bertz CT molecular complexity index is 582. The zero-order valence-corrected chi connectivity index (χ0v) is 13.7. The summed E-state index contributed by atoms with van der Waals surface area (Å²) in [6.45, 7) is 6.50. The number of nitrogens with zero attached hydrogens (tertiary/aromatic N) is 1. The SMILES string of the molecule is CC1C(c2c(Cl)cccc2Cl)=NOC12OCCC(C)(C)O2. The normalized spacial score (nSPS) is 31.1. The van der Waals surface area contributed by atoms with E-state index in [1.807, 2.05) is 20.8 Å². The Morgan fingerprint density at radius 2 is 1.90 bits per heavy atom. The highest BCUT2D eigenvalue weighted by molar-refractivity contribution is 6.40. The van der Waals surface area contributed by atoms with Crippen LogP contribution in [0.25, 0.3) is 0 Å². The molecule has 2 heterocycles. The van der Waals surface area contributed by atoms with Crippen molar-refractivity contribution >= 4 is 28.9 Å². The minimum absolute atomic E-state index is 0.241.